The smallest absolute Gasteiger partial charge is 0.320 e. The molecule has 21 heavy (non-hydrogen) atoms. The van der Waals surface area contributed by atoms with Crippen molar-refractivity contribution >= 4 is 39.1 Å². The first-order valence-electron chi connectivity index (χ1n) is 6.96. The Bertz CT molecular complexity index is 479. The molecule has 1 amide bonds. The van der Waals surface area contributed by atoms with Crippen molar-refractivity contribution in [2.75, 3.05) is 13.1 Å². The molecule has 1 aromatic rings. The van der Waals surface area contributed by atoms with Gasteiger partial charge in [0.05, 0.1) is 16.9 Å². The lowest BCUT2D eigenvalue weighted by Gasteiger charge is -2.21. The Hall–Kier alpha value is -0.920. The summed E-state index contributed by atoms with van der Waals surface area (Å²) in [6.45, 7) is 5.05. The third-order valence-electron chi connectivity index (χ3n) is 3.09. The molecular weight excluding hydrogens is 356 g/mol. The maximum atomic E-state index is 12.2. The summed E-state index contributed by atoms with van der Waals surface area (Å²) >= 11 is 5.00. The molecule has 0 aliphatic carbocycles. The van der Waals surface area contributed by atoms with Crippen molar-refractivity contribution < 1.29 is 14.7 Å². The van der Waals surface area contributed by atoms with E-state index in [1.807, 2.05) is 26.0 Å². The summed E-state index contributed by atoms with van der Waals surface area (Å²) in [6.07, 6.45) is 1.28. The molecule has 1 aromatic heterocycles. The van der Waals surface area contributed by atoms with Crippen molar-refractivity contribution in [2.24, 2.45) is 0 Å². The van der Waals surface area contributed by atoms with Crippen LogP contribution in [-0.2, 0) is 16.1 Å². The molecule has 0 aromatic carbocycles. The molecule has 0 saturated heterocycles. The van der Waals surface area contributed by atoms with E-state index in [1.54, 1.807) is 16.2 Å². The van der Waals surface area contributed by atoms with Gasteiger partial charge in [-0.1, -0.05) is 13.3 Å². The van der Waals surface area contributed by atoms with Crippen LogP contribution in [0.4, 0.5) is 0 Å². The topological polar surface area (TPSA) is 69.6 Å². The molecule has 1 rings (SSSR count). The second-order valence-electron chi connectivity index (χ2n) is 4.67. The molecule has 0 radical (unpaired) electrons. The van der Waals surface area contributed by atoms with E-state index in [1.165, 1.54) is 0 Å². The number of nitrogens with one attached hydrogen (secondary N) is 1. The van der Waals surface area contributed by atoms with Gasteiger partial charge in [-0.05, 0) is 41.4 Å². The largest absolute Gasteiger partial charge is 0.480 e. The molecule has 0 aliphatic heterocycles. The van der Waals surface area contributed by atoms with Gasteiger partial charge < -0.3 is 10.0 Å². The van der Waals surface area contributed by atoms with Gasteiger partial charge in [-0.2, -0.15) is 0 Å². The predicted octanol–water partition coefficient (Wildman–Crippen LogP) is 2.70. The Kier molecular flexibility index (Phi) is 7.92. The standard InChI is InChI=1S/C14H21BrN2O3S/c1-3-5-11(14(19)20)16-8-13(18)17(4-2)9-10-6-7-12(15)21-10/h6-7,11,16H,3-5,8-9H2,1-2H3,(H,19,20). The third kappa shape index (κ3) is 6.15. The summed E-state index contributed by atoms with van der Waals surface area (Å²) < 4.78 is 1.04. The summed E-state index contributed by atoms with van der Waals surface area (Å²) in [5.74, 6) is -0.987. The lowest BCUT2D eigenvalue weighted by molar-refractivity contribution is -0.140. The monoisotopic (exact) mass is 376 g/mol. The van der Waals surface area contributed by atoms with Crippen LogP contribution in [0.2, 0.25) is 0 Å². The van der Waals surface area contributed by atoms with Crippen molar-refractivity contribution in [3.8, 4) is 0 Å². The van der Waals surface area contributed by atoms with Gasteiger partial charge in [0.2, 0.25) is 5.91 Å². The van der Waals surface area contributed by atoms with E-state index in [4.69, 9.17) is 5.11 Å². The number of carboxylic acid groups (broad SMARTS) is 1. The van der Waals surface area contributed by atoms with E-state index in [-0.39, 0.29) is 12.5 Å². The molecule has 2 N–H and O–H groups in total. The molecular formula is C14H21BrN2O3S. The van der Waals surface area contributed by atoms with Crippen molar-refractivity contribution in [3.05, 3.63) is 20.8 Å². The van der Waals surface area contributed by atoms with E-state index >= 15 is 0 Å². The van der Waals surface area contributed by atoms with Crippen LogP contribution in [0.1, 0.15) is 31.6 Å². The van der Waals surface area contributed by atoms with Gasteiger partial charge in [-0.3, -0.25) is 14.9 Å². The molecule has 0 saturated carbocycles. The summed E-state index contributed by atoms with van der Waals surface area (Å²) in [6, 6.07) is 3.28. The number of hydrogen-bond donors (Lipinski definition) is 2. The first-order chi connectivity index (χ1) is 9.97. The zero-order valence-electron chi connectivity index (χ0n) is 12.3. The number of nitrogens with zero attached hydrogens (tertiary/aromatic N) is 1. The highest BCUT2D eigenvalue weighted by Gasteiger charge is 2.19. The fourth-order valence-electron chi connectivity index (χ4n) is 1.93. The molecule has 118 valence electrons. The van der Waals surface area contributed by atoms with Gasteiger partial charge in [0.15, 0.2) is 0 Å². The number of carboxylic acids is 1. The van der Waals surface area contributed by atoms with E-state index in [9.17, 15) is 9.59 Å². The van der Waals surface area contributed by atoms with Crippen molar-refractivity contribution in [2.45, 2.75) is 39.3 Å². The highest BCUT2D eigenvalue weighted by molar-refractivity contribution is 9.11. The Morgan fingerprint density at radius 2 is 2.14 bits per heavy atom. The van der Waals surface area contributed by atoms with Crippen LogP contribution in [0.25, 0.3) is 0 Å². The maximum Gasteiger partial charge on any atom is 0.320 e. The van der Waals surface area contributed by atoms with E-state index in [0.29, 0.717) is 19.5 Å². The molecule has 1 unspecified atom stereocenters. The second-order valence-corrected chi connectivity index (χ2v) is 7.22. The molecule has 1 atom stereocenters. The molecule has 0 bridgehead atoms. The zero-order chi connectivity index (χ0) is 15.8. The van der Waals surface area contributed by atoms with E-state index in [2.05, 4.69) is 21.2 Å². The number of rotatable bonds is 9. The van der Waals surface area contributed by atoms with Gasteiger partial charge in [0.25, 0.3) is 0 Å². The SMILES string of the molecule is CCCC(NCC(=O)N(CC)Cc1ccc(Br)s1)C(=O)O. The van der Waals surface area contributed by atoms with Crippen LogP contribution in [0, 0.1) is 0 Å². The predicted molar refractivity (Wildman–Crippen MR) is 87.4 cm³/mol. The fraction of sp³-hybridized carbons (Fsp3) is 0.571. The van der Waals surface area contributed by atoms with Crippen LogP contribution in [0.5, 0.6) is 0 Å². The number of aliphatic carboxylic acids is 1. The molecule has 0 fully saturated rings. The number of carbonyl (C=O) groups excluding carboxylic acids is 1. The van der Waals surface area contributed by atoms with Crippen molar-refractivity contribution in [1.82, 2.24) is 10.2 Å². The van der Waals surface area contributed by atoms with E-state index < -0.39 is 12.0 Å². The highest BCUT2D eigenvalue weighted by Crippen LogP contribution is 2.23. The third-order valence-corrected chi connectivity index (χ3v) is 4.69. The number of thiophene rings is 1. The number of halogens is 1. The Labute approximate surface area is 137 Å². The average molecular weight is 377 g/mol. The molecule has 0 spiro atoms. The summed E-state index contributed by atoms with van der Waals surface area (Å²) in [5.41, 5.74) is 0. The first kappa shape index (κ1) is 18.1. The maximum absolute atomic E-state index is 12.2. The number of hydrogen-bond acceptors (Lipinski definition) is 4. The van der Waals surface area contributed by atoms with Gasteiger partial charge in [0.1, 0.15) is 6.04 Å². The lowest BCUT2D eigenvalue weighted by Crippen LogP contribution is -2.44. The Morgan fingerprint density at radius 3 is 2.62 bits per heavy atom. The summed E-state index contributed by atoms with van der Waals surface area (Å²) in [5, 5.41) is 11.9. The summed E-state index contributed by atoms with van der Waals surface area (Å²) in [7, 11) is 0. The minimum atomic E-state index is -0.908. The number of amides is 1. The highest BCUT2D eigenvalue weighted by atomic mass is 79.9. The minimum Gasteiger partial charge on any atom is -0.480 e. The minimum absolute atomic E-state index is 0.0529. The van der Waals surface area contributed by atoms with Crippen LogP contribution < -0.4 is 5.32 Å². The quantitative estimate of drug-likeness (QED) is 0.694. The second kappa shape index (κ2) is 9.17. The van der Waals surface area contributed by atoms with Crippen LogP contribution >= 0.6 is 27.3 Å². The lowest BCUT2D eigenvalue weighted by atomic mass is 10.1. The van der Waals surface area contributed by atoms with Gasteiger partial charge in [-0.15, -0.1) is 11.3 Å². The Balaban J connectivity index is 2.52. The Morgan fingerprint density at radius 1 is 1.43 bits per heavy atom. The summed E-state index contributed by atoms with van der Waals surface area (Å²) in [4.78, 5) is 26.0. The van der Waals surface area contributed by atoms with Crippen LogP contribution in [0.15, 0.2) is 15.9 Å². The molecule has 7 heteroatoms. The van der Waals surface area contributed by atoms with Gasteiger partial charge >= 0.3 is 5.97 Å². The van der Waals surface area contributed by atoms with Gasteiger partial charge in [0, 0.05) is 11.4 Å². The molecule has 1 heterocycles. The van der Waals surface area contributed by atoms with E-state index in [0.717, 1.165) is 15.1 Å². The zero-order valence-corrected chi connectivity index (χ0v) is 14.7. The number of likely N-dealkylation sites (N-methyl/N-ethyl adjacent to an activating group) is 1. The normalized spacial score (nSPS) is 12.1. The first-order valence-corrected chi connectivity index (χ1v) is 8.57. The van der Waals surface area contributed by atoms with Crippen LogP contribution in [0.3, 0.4) is 0 Å². The molecule has 0 aliphatic rings. The average Bonchev–Trinajstić information content (AvgIpc) is 2.85. The van der Waals surface area contributed by atoms with Crippen LogP contribution in [-0.4, -0.2) is 41.0 Å². The molecule has 5 nitrogen and oxygen atoms in total. The van der Waals surface area contributed by atoms with Crippen molar-refractivity contribution in [3.63, 3.8) is 0 Å². The number of carbonyl (C=O) groups is 2. The van der Waals surface area contributed by atoms with Crippen molar-refractivity contribution in [1.29, 1.82) is 0 Å². The fourth-order valence-corrected chi connectivity index (χ4v) is 3.42. The van der Waals surface area contributed by atoms with Gasteiger partial charge in [-0.25, -0.2) is 0 Å².